The lowest BCUT2D eigenvalue weighted by Gasteiger charge is -2.21. The summed E-state index contributed by atoms with van der Waals surface area (Å²) in [6.07, 6.45) is 2.76. The van der Waals surface area contributed by atoms with E-state index in [1.165, 1.54) is 11.3 Å². The molecular formula is C14H21N5O2S. The number of likely N-dealkylation sites (tertiary alicyclic amines) is 2. The Labute approximate surface area is 133 Å². The lowest BCUT2D eigenvalue weighted by atomic mass is 10.2. The molecule has 0 bridgehead atoms. The maximum absolute atomic E-state index is 12.3. The van der Waals surface area contributed by atoms with Crippen LogP contribution in [-0.4, -0.2) is 65.4 Å². The van der Waals surface area contributed by atoms with Gasteiger partial charge >= 0.3 is 0 Å². The first-order chi connectivity index (χ1) is 10.5. The molecule has 8 heteroatoms. The van der Waals surface area contributed by atoms with Crippen LogP contribution < -0.4 is 11.1 Å². The molecule has 0 aliphatic carbocycles. The summed E-state index contributed by atoms with van der Waals surface area (Å²) >= 11 is 1.26. The molecule has 2 amide bonds. The zero-order valence-electron chi connectivity index (χ0n) is 12.6. The first-order valence-corrected chi connectivity index (χ1v) is 8.43. The molecular weight excluding hydrogens is 302 g/mol. The van der Waals surface area contributed by atoms with Crippen molar-refractivity contribution in [3.05, 3.63) is 11.1 Å². The minimum atomic E-state index is -0.109. The van der Waals surface area contributed by atoms with Crippen molar-refractivity contribution < 1.29 is 9.59 Å². The minimum Gasteiger partial charge on any atom is -0.375 e. The van der Waals surface area contributed by atoms with Gasteiger partial charge in [-0.3, -0.25) is 14.5 Å². The average molecular weight is 323 g/mol. The number of nitrogens with two attached hydrogens (primary N) is 1. The highest BCUT2D eigenvalue weighted by Gasteiger charge is 2.33. The van der Waals surface area contributed by atoms with E-state index in [0.717, 1.165) is 25.8 Å². The zero-order valence-corrected chi connectivity index (χ0v) is 13.4. The SMILES string of the molecule is CN1CCC[C@H]1C(=O)NC1CCN(C(=O)c2csc(N)n2)C1. The maximum Gasteiger partial charge on any atom is 0.273 e. The van der Waals surface area contributed by atoms with E-state index in [1.807, 2.05) is 7.05 Å². The van der Waals surface area contributed by atoms with E-state index in [0.29, 0.717) is 23.9 Å². The number of rotatable bonds is 3. The molecule has 1 aromatic heterocycles. The van der Waals surface area contributed by atoms with Crippen LogP contribution in [0.25, 0.3) is 0 Å². The standard InChI is InChI=1S/C14H21N5O2S/c1-18-5-2-3-11(18)12(20)16-9-4-6-19(7-9)13(21)10-8-22-14(15)17-10/h8-9,11H,2-7H2,1H3,(H2,15,17)(H,16,20)/t9?,11-/m0/s1. The van der Waals surface area contributed by atoms with Gasteiger partial charge in [0.15, 0.2) is 5.13 Å². The topological polar surface area (TPSA) is 91.6 Å². The number of likely N-dealkylation sites (N-methyl/N-ethyl adjacent to an activating group) is 1. The normalized spacial score (nSPS) is 25.6. The van der Waals surface area contributed by atoms with Crippen molar-refractivity contribution in [1.82, 2.24) is 20.1 Å². The van der Waals surface area contributed by atoms with Gasteiger partial charge in [-0.2, -0.15) is 0 Å². The summed E-state index contributed by atoms with van der Waals surface area (Å²) in [5, 5.41) is 5.15. The Kier molecular flexibility index (Phi) is 4.30. The number of anilines is 1. The molecule has 0 saturated carbocycles. The fraction of sp³-hybridized carbons (Fsp3) is 0.643. The largest absolute Gasteiger partial charge is 0.375 e. The Morgan fingerprint density at radius 2 is 2.23 bits per heavy atom. The molecule has 0 aromatic carbocycles. The van der Waals surface area contributed by atoms with Crippen LogP contribution in [0.2, 0.25) is 0 Å². The number of carbonyl (C=O) groups excluding carboxylic acids is 2. The van der Waals surface area contributed by atoms with Crippen LogP contribution in [0.15, 0.2) is 5.38 Å². The van der Waals surface area contributed by atoms with Gasteiger partial charge in [-0.05, 0) is 32.9 Å². The number of hydrogen-bond donors (Lipinski definition) is 2. The molecule has 1 unspecified atom stereocenters. The first-order valence-electron chi connectivity index (χ1n) is 7.55. The van der Waals surface area contributed by atoms with Gasteiger partial charge < -0.3 is 16.0 Å². The summed E-state index contributed by atoms with van der Waals surface area (Å²) in [6, 6.07) is 0.00419. The van der Waals surface area contributed by atoms with Gasteiger partial charge in [0.05, 0.1) is 6.04 Å². The van der Waals surface area contributed by atoms with Crippen LogP contribution in [0.5, 0.6) is 0 Å². The third-order valence-corrected chi connectivity index (χ3v) is 5.06. The highest BCUT2D eigenvalue weighted by Crippen LogP contribution is 2.19. The van der Waals surface area contributed by atoms with Gasteiger partial charge in [0.2, 0.25) is 5.91 Å². The van der Waals surface area contributed by atoms with E-state index in [9.17, 15) is 9.59 Å². The number of amides is 2. The smallest absolute Gasteiger partial charge is 0.273 e. The van der Waals surface area contributed by atoms with E-state index in [-0.39, 0.29) is 23.9 Å². The van der Waals surface area contributed by atoms with Crippen molar-refractivity contribution in [3.63, 3.8) is 0 Å². The molecule has 1 aromatic rings. The molecule has 22 heavy (non-hydrogen) atoms. The lowest BCUT2D eigenvalue weighted by Crippen LogP contribution is -2.46. The van der Waals surface area contributed by atoms with Crippen molar-refractivity contribution in [1.29, 1.82) is 0 Å². The Balaban J connectivity index is 1.54. The number of thiazole rings is 1. The second kappa shape index (κ2) is 6.21. The van der Waals surface area contributed by atoms with Crippen LogP contribution >= 0.6 is 11.3 Å². The van der Waals surface area contributed by atoms with Gasteiger partial charge in [0, 0.05) is 24.5 Å². The number of carbonyl (C=O) groups is 2. The zero-order chi connectivity index (χ0) is 15.7. The molecule has 7 nitrogen and oxygen atoms in total. The molecule has 2 aliphatic heterocycles. The molecule has 0 radical (unpaired) electrons. The maximum atomic E-state index is 12.3. The number of nitrogen functional groups attached to an aromatic ring is 1. The van der Waals surface area contributed by atoms with E-state index < -0.39 is 0 Å². The van der Waals surface area contributed by atoms with Crippen molar-refractivity contribution in [2.75, 3.05) is 32.4 Å². The molecule has 120 valence electrons. The molecule has 2 atom stereocenters. The molecule has 3 rings (SSSR count). The van der Waals surface area contributed by atoms with E-state index in [4.69, 9.17) is 5.73 Å². The van der Waals surface area contributed by atoms with E-state index in [2.05, 4.69) is 15.2 Å². The van der Waals surface area contributed by atoms with Gasteiger partial charge in [0.25, 0.3) is 5.91 Å². The van der Waals surface area contributed by atoms with Gasteiger partial charge in [-0.1, -0.05) is 0 Å². The number of aromatic nitrogens is 1. The highest BCUT2D eigenvalue weighted by molar-refractivity contribution is 7.13. The molecule has 2 aliphatic rings. The predicted octanol–water partition coefficient (Wildman–Crippen LogP) is 0.150. The third kappa shape index (κ3) is 3.07. The van der Waals surface area contributed by atoms with Crippen LogP contribution in [0, 0.1) is 0 Å². The second-order valence-corrected chi connectivity index (χ2v) is 6.84. The fourth-order valence-corrected chi connectivity index (χ4v) is 3.69. The minimum absolute atomic E-state index is 0.0249. The number of nitrogens with one attached hydrogen (secondary N) is 1. The van der Waals surface area contributed by atoms with Crippen LogP contribution in [0.3, 0.4) is 0 Å². The highest BCUT2D eigenvalue weighted by atomic mass is 32.1. The summed E-state index contributed by atoms with van der Waals surface area (Å²) < 4.78 is 0. The summed E-state index contributed by atoms with van der Waals surface area (Å²) in [4.78, 5) is 32.4. The predicted molar refractivity (Wildman–Crippen MR) is 84.6 cm³/mol. The molecule has 3 N–H and O–H groups in total. The van der Waals surface area contributed by atoms with Crippen molar-refractivity contribution >= 4 is 28.3 Å². The Morgan fingerprint density at radius 1 is 1.41 bits per heavy atom. The Bertz CT molecular complexity index is 575. The van der Waals surface area contributed by atoms with Crippen molar-refractivity contribution in [3.8, 4) is 0 Å². The quantitative estimate of drug-likeness (QED) is 0.826. The average Bonchev–Trinajstić information content (AvgIpc) is 3.19. The summed E-state index contributed by atoms with van der Waals surface area (Å²) in [5.74, 6) is -0.0279. The van der Waals surface area contributed by atoms with E-state index >= 15 is 0 Å². The number of nitrogens with zero attached hydrogens (tertiary/aromatic N) is 3. The monoisotopic (exact) mass is 323 g/mol. The van der Waals surface area contributed by atoms with Gasteiger partial charge in [-0.15, -0.1) is 11.3 Å². The second-order valence-electron chi connectivity index (χ2n) is 5.95. The van der Waals surface area contributed by atoms with Crippen molar-refractivity contribution in [2.45, 2.75) is 31.3 Å². The van der Waals surface area contributed by atoms with Crippen molar-refractivity contribution in [2.24, 2.45) is 0 Å². The summed E-state index contributed by atoms with van der Waals surface area (Å²) in [7, 11) is 1.98. The summed E-state index contributed by atoms with van der Waals surface area (Å²) in [6.45, 7) is 2.15. The number of hydrogen-bond acceptors (Lipinski definition) is 6. The van der Waals surface area contributed by atoms with Gasteiger partial charge in [-0.25, -0.2) is 4.98 Å². The van der Waals surface area contributed by atoms with Gasteiger partial charge in [0.1, 0.15) is 5.69 Å². The Hall–Kier alpha value is -1.67. The van der Waals surface area contributed by atoms with Crippen LogP contribution in [0.4, 0.5) is 5.13 Å². The molecule has 0 spiro atoms. The first kappa shape index (κ1) is 15.2. The van der Waals surface area contributed by atoms with Crippen LogP contribution in [0.1, 0.15) is 29.8 Å². The third-order valence-electron chi connectivity index (χ3n) is 4.39. The molecule has 2 fully saturated rings. The van der Waals surface area contributed by atoms with E-state index in [1.54, 1.807) is 10.3 Å². The Morgan fingerprint density at radius 3 is 2.86 bits per heavy atom. The lowest BCUT2D eigenvalue weighted by molar-refractivity contribution is -0.125. The van der Waals surface area contributed by atoms with Crippen LogP contribution in [-0.2, 0) is 4.79 Å². The fourth-order valence-electron chi connectivity index (χ4n) is 3.15. The molecule has 3 heterocycles. The summed E-state index contributed by atoms with van der Waals surface area (Å²) in [5.41, 5.74) is 5.96. The molecule has 2 saturated heterocycles.